The second kappa shape index (κ2) is 7.09. The first-order valence-electron chi connectivity index (χ1n) is 7.73. The molecule has 1 aliphatic heterocycles. The van der Waals surface area contributed by atoms with Gasteiger partial charge in [0.2, 0.25) is 0 Å². The number of hydrogen-bond acceptors (Lipinski definition) is 3. The van der Waals surface area contributed by atoms with Crippen molar-refractivity contribution in [1.82, 2.24) is 10.2 Å². The van der Waals surface area contributed by atoms with Gasteiger partial charge in [0.15, 0.2) is 0 Å². The predicted octanol–water partition coefficient (Wildman–Crippen LogP) is 2.82. The van der Waals surface area contributed by atoms with Crippen LogP contribution in [-0.2, 0) is 6.54 Å². The highest BCUT2D eigenvalue weighted by Crippen LogP contribution is 2.24. The Morgan fingerprint density at radius 1 is 1.40 bits per heavy atom. The molecule has 3 heteroatoms. The highest BCUT2D eigenvalue weighted by molar-refractivity contribution is 5.36. The first-order valence-corrected chi connectivity index (χ1v) is 7.73. The monoisotopic (exact) mass is 276 g/mol. The quantitative estimate of drug-likeness (QED) is 0.895. The maximum Gasteiger partial charge on any atom is 0.123 e. The molecule has 1 heterocycles. The maximum atomic E-state index is 5.49. The smallest absolute Gasteiger partial charge is 0.123 e. The molecule has 0 aromatic heterocycles. The molecule has 2 unspecified atom stereocenters. The fourth-order valence-electron chi connectivity index (χ4n) is 3.21. The van der Waals surface area contributed by atoms with Crippen molar-refractivity contribution in [2.45, 2.75) is 39.8 Å². The topological polar surface area (TPSA) is 24.5 Å². The summed E-state index contributed by atoms with van der Waals surface area (Å²) < 4.78 is 5.49. The van der Waals surface area contributed by atoms with Crippen molar-refractivity contribution in [2.24, 2.45) is 5.92 Å². The minimum absolute atomic E-state index is 0.677. The van der Waals surface area contributed by atoms with Gasteiger partial charge >= 0.3 is 0 Å². The zero-order valence-corrected chi connectivity index (χ0v) is 13.3. The Kier molecular flexibility index (Phi) is 5.44. The van der Waals surface area contributed by atoms with E-state index in [1.807, 2.05) is 0 Å². The molecule has 1 aliphatic rings. The van der Waals surface area contributed by atoms with E-state index in [0.717, 1.165) is 25.4 Å². The molecule has 1 aromatic carbocycles. The van der Waals surface area contributed by atoms with Crippen LogP contribution in [0.2, 0.25) is 0 Å². The van der Waals surface area contributed by atoms with Crippen LogP contribution < -0.4 is 10.1 Å². The van der Waals surface area contributed by atoms with Crippen molar-refractivity contribution in [1.29, 1.82) is 0 Å². The van der Waals surface area contributed by atoms with Gasteiger partial charge in [-0.2, -0.15) is 0 Å². The summed E-state index contributed by atoms with van der Waals surface area (Å²) in [4.78, 5) is 2.55. The average Bonchev–Trinajstić information content (AvgIpc) is 2.42. The number of ether oxygens (including phenoxy) is 1. The molecule has 1 fully saturated rings. The van der Waals surface area contributed by atoms with Crippen molar-refractivity contribution >= 4 is 0 Å². The zero-order chi connectivity index (χ0) is 14.5. The number of aryl methyl sites for hydroxylation is 1. The lowest BCUT2D eigenvalue weighted by Gasteiger charge is -2.37. The fourth-order valence-corrected chi connectivity index (χ4v) is 3.21. The molecular weight excluding hydrogens is 248 g/mol. The van der Waals surface area contributed by atoms with Gasteiger partial charge in [0.25, 0.3) is 0 Å². The van der Waals surface area contributed by atoms with Crippen molar-refractivity contribution in [3.8, 4) is 5.75 Å². The third-order valence-corrected chi connectivity index (χ3v) is 4.29. The number of rotatable bonds is 5. The number of nitrogens with zero attached hydrogens (tertiary/aromatic N) is 1. The van der Waals surface area contributed by atoms with E-state index in [1.165, 1.54) is 24.1 Å². The Morgan fingerprint density at radius 2 is 2.20 bits per heavy atom. The molecule has 0 spiro atoms. The standard InChI is InChI=1S/C17H28N2O/c1-5-18-16-8-9-19(11-14(16)3)12-15-10-13(2)6-7-17(15)20-4/h6-7,10,14,16,18H,5,8-9,11-12H2,1-4H3. The van der Waals surface area contributed by atoms with E-state index < -0.39 is 0 Å². The summed E-state index contributed by atoms with van der Waals surface area (Å²) in [6.07, 6.45) is 1.24. The summed E-state index contributed by atoms with van der Waals surface area (Å²) in [5, 5.41) is 3.60. The second-order valence-corrected chi connectivity index (χ2v) is 5.98. The Balaban J connectivity index is 1.99. The number of hydrogen-bond donors (Lipinski definition) is 1. The molecule has 0 radical (unpaired) electrons. The first-order chi connectivity index (χ1) is 9.63. The van der Waals surface area contributed by atoms with Gasteiger partial charge in [-0.1, -0.05) is 31.5 Å². The van der Waals surface area contributed by atoms with Gasteiger partial charge in [0.1, 0.15) is 5.75 Å². The average molecular weight is 276 g/mol. The van der Waals surface area contributed by atoms with Crippen molar-refractivity contribution in [3.05, 3.63) is 29.3 Å². The molecule has 2 rings (SSSR count). The molecule has 0 aliphatic carbocycles. The van der Waals surface area contributed by atoms with E-state index >= 15 is 0 Å². The normalized spacial score (nSPS) is 23.8. The maximum absolute atomic E-state index is 5.49. The molecule has 0 bridgehead atoms. The predicted molar refractivity (Wildman–Crippen MR) is 84.3 cm³/mol. The third-order valence-electron chi connectivity index (χ3n) is 4.29. The Hall–Kier alpha value is -1.06. The highest BCUT2D eigenvalue weighted by atomic mass is 16.5. The van der Waals surface area contributed by atoms with E-state index in [4.69, 9.17) is 4.74 Å². The lowest BCUT2D eigenvalue weighted by atomic mass is 9.93. The van der Waals surface area contributed by atoms with Gasteiger partial charge in [-0.15, -0.1) is 0 Å². The van der Waals surface area contributed by atoms with Crippen LogP contribution in [0.1, 0.15) is 31.4 Å². The lowest BCUT2D eigenvalue weighted by molar-refractivity contribution is 0.141. The molecule has 0 amide bonds. The van der Waals surface area contributed by atoms with Gasteiger partial charge in [-0.3, -0.25) is 4.90 Å². The SMILES string of the molecule is CCNC1CCN(Cc2cc(C)ccc2OC)CC1C. The first kappa shape index (κ1) is 15.3. The Bertz CT molecular complexity index is 433. The van der Waals surface area contributed by atoms with Gasteiger partial charge < -0.3 is 10.1 Å². The Morgan fingerprint density at radius 3 is 2.85 bits per heavy atom. The van der Waals surface area contributed by atoms with Crippen molar-refractivity contribution in [3.63, 3.8) is 0 Å². The number of likely N-dealkylation sites (tertiary alicyclic amines) is 1. The molecule has 20 heavy (non-hydrogen) atoms. The highest BCUT2D eigenvalue weighted by Gasteiger charge is 2.25. The van der Waals surface area contributed by atoms with Crippen LogP contribution in [0, 0.1) is 12.8 Å². The summed E-state index contributed by atoms with van der Waals surface area (Å²) >= 11 is 0. The molecular formula is C17H28N2O. The summed E-state index contributed by atoms with van der Waals surface area (Å²) in [6.45, 7) is 11.1. The zero-order valence-electron chi connectivity index (χ0n) is 13.3. The lowest BCUT2D eigenvalue weighted by Crippen LogP contribution is -2.47. The molecule has 1 N–H and O–H groups in total. The van der Waals surface area contributed by atoms with Crippen molar-refractivity contribution < 1.29 is 4.74 Å². The summed E-state index contributed by atoms with van der Waals surface area (Å²) in [5.41, 5.74) is 2.61. The fraction of sp³-hybridized carbons (Fsp3) is 0.647. The van der Waals surface area contributed by atoms with Gasteiger partial charge in [0.05, 0.1) is 7.11 Å². The van der Waals surface area contributed by atoms with Crippen LogP contribution in [0.25, 0.3) is 0 Å². The van der Waals surface area contributed by atoms with Crippen LogP contribution >= 0.6 is 0 Å². The number of nitrogens with one attached hydrogen (secondary N) is 1. The number of piperidine rings is 1. The summed E-state index contributed by atoms with van der Waals surface area (Å²) in [7, 11) is 1.76. The Labute approximate surface area is 123 Å². The molecule has 112 valence electrons. The van der Waals surface area contributed by atoms with E-state index in [2.05, 4.69) is 49.2 Å². The van der Waals surface area contributed by atoms with Crippen LogP contribution in [-0.4, -0.2) is 37.7 Å². The molecule has 0 saturated carbocycles. The van der Waals surface area contributed by atoms with E-state index in [1.54, 1.807) is 7.11 Å². The van der Waals surface area contributed by atoms with E-state index in [0.29, 0.717) is 12.0 Å². The van der Waals surface area contributed by atoms with Crippen LogP contribution in [0.15, 0.2) is 18.2 Å². The second-order valence-electron chi connectivity index (χ2n) is 5.98. The van der Waals surface area contributed by atoms with E-state index in [-0.39, 0.29) is 0 Å². The van der Waals surface area contributed by atoms with Gasteiger partial charge in [-0.25, -0.2) is 0 Å². The molecule has 3 nitrogen and oxygen atoms in total. The summed E-state index contributed by atoms with van der Waals surface area (Å²) in [5.74, 6) is 1.72. The van der Waals surface area contributed by atoms with Crippen LogP contribution in [0.3, 0.4) is 0 Å². The van der Waals surface area contributed by atoms with Crippen LogP contribution in [0.4, 0.5) is 0 Å². The van der Waals surface area contributed by atoms with Gasteiger partial charge in [0, 0.05) is 24.7 Å². The molecule has 1 saturated heterocycles. The van der Waals surface area contributed by atoms with Gasteiger partial charge in [-0.05, 0) is 38.4 Å². The number of methoxy groups -OCH3 is 1. The van der Waals surface area contributed by atoms with Crippen LogP contribution in [0.5, 0.6) is 5.75 Å². The minimum Gasteiger partial charge on any atom is -0.496 e. The largest absolute Gasteiger partial charge is 0.496 e. The summed E-state index contributed by atoms with van der Waals surface area (Å²) in [6, 6.07) is 7.12. The molecule has 2 atom stereocenters. The van der Waals surface area contributed by atoms with Crippen molar-refractivity contribution in [2.75, 3.05) is 26.7 Å². The van der Waals surface area contributed by atoms with E-state index in [9.17, 15) is 0 Å². The number of benzene rings is 1. The minimum atomic E-state index is 0.677. The third kappa shape index (κ3) is 3.74. The molecule has 1 aromatic rings.